The number of rotatable bonds is 6. The van der Waals surface area contributed by atoms with Gasteiger partial charge in [0.15, 0.2) is 17.4 Å². The average molecular weight is 615 g/mol. The van der Waals surface area contributed by atoms with Gasteiger partial charge in [-0.2, -0.15) is 18.2 Å². The maximum Gasteiger partial charge on any atom is 0.449 e. The molecule has 0 amide bonds. The van der Waals surface area contributed by atoms with Crippen molar-refractivity contribution in [3.8, 4) is 34.1 Å². The SMILES string of the molecule is OC(O)(c1cn(-c2ccc(-c3ccc(-c4nc5nc(OC6COC7CCOC76)[nH]c5cc4Cl)cc3)cc2)nn1)C(F)(F)F. The summed E-state index contributed by atoms with van der Waals surface area (Å²) in [6.07, 6.45) is -3.99. The summed E-state index contributed by atoms with van der Waals surface area (Å²) in [4.78, 5) is 12.2. The molecule has 3 atom stereocenters. The fourth-order valence-corrected chi connectivity index (χ4v) is 5.41. The number of imidazole rings is 1. The van der Waals surface area contributed by atoms with Crippen LogP contribution in [0, 0.1) is 0 Å². The van der Waals surface area contributed by atoms with Crippen LogP contribution in [0.5, 0.6) is 6.01 Å². The zero-order valence-corrected chi connectivity index (χ0v) is 22.7. The predicted molar refractivity (Wildman–Crippen MR) is 145 cm³/mol. The molecule has 5 heterocycles. The highest BCUT2D eigenvalue weighted by Gasteiger charge is 2.56. The van der Waals surface area contributed by atoms with E-state index in [-0.39, 0.29) is 18.3 Å². The van der Waals surface area contributed by atoms with Crippen molar-refractivity contribution < 1.29 is 37.6 Å². The minimum Gasteiger partial charge on any atom is -0.456 e. The summed E-state index contributed by atoms with van der Waals surface area (Å²) < 4.78 is 57.2. The van der Waals surface area contributed by atoms with Crippen LogP contribution in [0.25, 0.3) is 39.2 Å². The van der Waals surface area contributed by atoms with Crippen molar-refractivity contribution in [2.45, 2.75) is 36.7 Å². The first-order valence-corrected chi connectivity index (χ1v) is 13.6. The van der Waals surface area contributed by atoms with Gasteiger partial charge in [0, 0.05) is 12.2 Å². The number of ether oxygens (including phenoxy) is 3. The number of aromatic nitrogens is 6. The van der Waals surface area contributed by atoms with Gasteiger partial charge in [0.25, 0.3) is 6.01 Å². The van der Waals surface area contributed by atoms with Gasteiger partial charge in [-0.25, -0.2) is 9.67 Å². The molecule has 222 valence electrons. The third-order valence-corrected chi connectivity index (χ3v) is 7.75. The lowest BCUT2D eigenvalue weighted by Crippen LogP contribution is -2.42. The van der Waals surface area contributed by atoms with Crippen LogP contribution < -0.4 is 4.74 Å². The summed E-state index contributed by atoms with van der Waals surface area (Å²) in [6.45, 7) is 1.08. The maximum absolute atomic E-state index is 12.9. The van der Waals surface area contributed by atoms with Crippen molar-refractivity contribution in [3.63, 3.8) is 0 Å². The molecule has 2 aromatic carbocycles. The Balaban J connectivity index is 1.08. The second-order valence-electron chi connectivity index (χ2n) is 10.2. The Kier molecular flexibility index (Phi) is 6.63. The number of aromatic amines is 1. The minimum absolute atomic E-state index is 0.0489. The molecule has 3 aromatic heterocycles. The number of halogens is 4. The zero-order chi connectivity index (χ0) is 29.9. The quantitative estimate of drug-likeness (QED) is 0.241. The van der Waals surface area contributed by atoms with E-state index in [2.05, 4.69) is 25.3 Å². The van der Waals surface area contributed by atoms with Gasteiger partial charge >= 0.3 is 12.0 Å². The molecule has 11 nitrogen and oxygen atoms in total. The van der Waals surface area contributed by atoms with E-state index in [0.717, 1.165) is 34.0 Å². The molecular weight excluding hydrogens is 593 g/mol. The normalized spacial score (nSPS) is 20.6. The van der Waals surface area contributed by atoms with Crippen LogP contribution in [-0.2, 0) is 15.3 Å². The average Bonchev–Trinajstić information content (AvgIpc) is 3.78. The van der Waals surface area contributed by atoms with Crippen LogP contribution in [-0.4, -0.2) is 77.9 Å². The van der Waals surface area contributed by atoms with Crippen LogP contribution in [0.1, 0.15) is 12.1 Å². The molecule has 3 N–H and O–H groups in total. The standard InChI is InChI=1S/C28H22ClF3N6O5/c29-18-11-19-25(35-26(33-19)43-21-13-42-20-9-10-41-24(20)21)34-23(18)16-3-1-14(2-4-16)15-5-7-17(8-6-15)38-12-22(36-37-38)27(39,40)28(30,31)32/h1-8,11-12,20-21,24,39-40H,9-10,13H2,(H,33,34,35). The molecule has 5 aromatic rings. The summed E-state index contributed by atoms with van der Waals surface area (Å²) in [6, 6.07) is 16.3. The molecule has 3 unspecified atom stereocenters. The van der Waals surface area contributed by atoms with E-state index in [4.69, 9.17) is 25.8 Å². The molecule has 0 radical (unpaired) electrons. The van der Waals surface area contributed by atoms with Gasteiger partial charge in [0.05, 0.1) is 40.8 Å². The lowest BCUT2D eigenvalue weighted by atomic mass is 10.0. The number of nitrogens with one attached hydrogen (secondary N) is 1. The maximum atomic E-state index is 12.9. The molecule has 0 saturated carbocycles. The molecular formula is C28H22ClF3N6O5. The van der Waals surface area contributed by atoms with Gasteiger partial charge in [-0.3, -0.25) is 0 Å². The first-order valence-electron chi connectivity index (χ1n) is 13.2. The number of fused-ring (bicyclic) bond motifs is 2. The van der Waals surface area contributed by atoms with Crippen LogP contribution in [0.4, 0.5) is 13.2 Å². The molecule has 2 aliphatic heterocycles. The Bertz CT molecular complexity index is 1790. The number of hydrogen-bond acceptors (Lipinski definition) is 9. The number of hydrogen-bond donors (Lipinski definition) is 3. The topological polar surface area (TPSA) is 140 Å². The fourth-order valence-electron chi connectivity index (χ4n) is 5.15. The van der Waals surface area contributed by atoms with Gasteiger partial charge in [-0.1, -0.05) is 53.2 Å². The van der Waals surface area contributed by atoms with Crippen molar-refractivity contribution in [1.29, 1.82) is 0 Å². The van der Waals surface area contributed by atoms with Crippen molar-refractivity contribution in [3.05, 3.63) is 71.5 Å². The number of alkyl halides is 3. The first kappa shape index (κ1) is 27.7. The Morgan fingerprint density at radius 3 is 2.40 bits per heavy atom. The summed E-state index contributed by atoms with van der Waals surface area (Å²) in [7, 11) is 0. The van der Waals surface area contributed by atoms with E-state index in [1.165, 1.54) is 0 Å². The Hall–Kier alpha value is -4.08. The van der Waals surface area contributed by atoms with Crippen LogP contribution in [0.2, 0.25) is 5.02 Å². The van der Waals surface area contributed by atoms with E-state index in [9.17, 15) is 23.4 Å². The largest absolute Gasteiger partial charge is 0.456 e. The molecule has 0 bridgehead atoms. The fraction of sp³-hybridized carbons (Fsp3) is 0.286. The second kappa shape index (κ2) is 10.3. The Morgan fingerprint density at radius 2 is 1.67 bits per heavy atom. The highest BCUT2D eigenvalue weighted by atomic mass is 35.5. The molecule has 43 heavy (non-hydrogen) atoms. The van der Waals surface area contributed by atoms with Gasteiger partial charge in [0.1, 0.15) is 6.10 Å². The lowest BCUT2D eigenvalue weighted by molar-refractivity contribution is -0.360. The molecule has 2 aliphatic rings. The van der Waals surface area contributed by atoms with E-state index >= 15 is 0 Å². The van der Waals surface area contributed by atoms with Gasteiger partial charge in [0.2, 0.25) is 0 Å². The van der Waals surface area contributed by atoms with Crippen LogP contribution >= 0.6 is 11.6 Å². The number of nitrogens with zero attached hydrogens (tertiary/aromatic N) is 5. The van der Waals surface area contributed by atoms with Gasteiger partial charge in [-0.15, -0.1) is 5.10 Å². The van der Waals surface area contributed by atoms with Crippen molar-refractivity contribution in [1.82, 2.24) is 29.9 Å². The van der Waals surface area contributed by atoms with Gasteiger partial charge < -0.3 is 29.4 Å². The van der Waals surface area contributed by atoms with Crippen molar-refractivity contribution >= 4 is 22.8 Å². The zero-order valence-electron chi connectivity index (χ0n) is 22.0. The molecule has 15 heteroatoms. The summed E-state index contributed by atoms with van der Waals surface area (Å²) in [5, 5.41) is 26.1. The predicted octanol–water partition coefficient (Wildman–Crippen LogP) is 4.16. The van der Waals surface area contributed by atoms with E-state index in [1.54, 1.807) is 30.3 Å². The molecule has 2 fully saturated rings. The molecule has 2 saturated heterocycles. The van der Waals surface area contributed by atoms with E-state index < -0.39 is 17.7 Å². The van der Waals surface area contributed by atoms with Crippen molar-refractivity contribution in [2.24, 2.45) is 0 Å². The number of pyridine rings is 1. The Labute approximate surface area is 245 Å². The smallest absolute Gasteiger partial charge is 0.449 e. The number of aliphatic hydroxyl groups is 2. The van der Waals surface area contributed by atoms with Gasteiger partial charge in [-0.05, 0) is 35.7 Å². The van der Waals surface area contributed by atoms with E-state index in [1.807, 2.05) is 24.3 Å². The highest BCUT2D eigenvalue weighted by Crippen LogP contribution is 2.36. The van der Waals surface area contributed by atoms with Crippen LogP contribution in [0.15, 0.2) is 60.8 Å². The first-order chi connectivity index (χ1) is 20.6. The molecule has 7 rings (SSSR count). The Morgan fingerprint density at radius 1 is 0.977 bits per heavy atom. The summed E-state index contributed by atoms with van der Waals surface area (Å²) >= 11 is 6.58. The summed E-state index contributed by atoms with van der Waals surface area (Å²) in [5.41, 5.74) is 3.40. The highest BCUT2D eigenvalue weighted by molar-refractivity contribution is 6.33. The molecule has 0 spiro atoms. The third-order valence-electron chi connectivity index (χ3n) is 7.46. The van der Waals surface area contributed by atoms with Crippen LogP contribution in [0.3, 0.4) is 0 Å². The monoisotopic (exact) mass is 614 g/mol. The number of benzene rings is 2. The molecule has 0 aliphatic carbocycles. The minimum atomic E-state index is -5.33. The number of H-pyrrole nitrogens is 1. The second-order valence-corrected chi connectivity index (χ2v) is 10.6. The van der Waals surface area contributed by atoms with E-state index in [0.29, 0.717) is 46.8 Å². The third kappa shape index (κ3) is 5.00. The van der Waals surface area contributed by atoms with Crippen molar-refractivity contribution in [2.75, 3.05) is 13.2 Å². The lowest BCUT2D eigenvalue weighted by Gasteiger charge is -2.21. The summed E-state index contributed by atoms with van der Waals surface area (Å²) in [5.74, 6) is -4.11.